The Kier molecular flexibility index (Phi) is 4.32. The second-order valence-corrected chi connectivity index (χ2v) is 7.02. The maximum atomic E-state index is 12.7. The maximum Gasteiger partial charge on any atom is 0.265 e. The first-order valence-corrected chi connectivity index (χ1v) is 8.65. The Hall–Kier alpha value is -2.34. The van der Waals surface area contributed by atoms with Crippen molar-refractivity contribution >= 4 is 28.8 Å². The molecule has 2 heterocycles. The highest BCUT2D eigenvalue weighted by Gasteiger charge is 2.50. The minimum atomic E-state index is -0.823. The standard InChI is InChI=1S/C18H20N2O3S/c1-12-7-10-24-15(12)16(21)20-9-8-18(20,2)17(22)19-13-5-4-6-14(11-13)23-3/h4-7,10-11H,8-9H2,1-3H3,(H,19,22). The molecule has 0 bridgehead atoms. The van der Waals surface area contributed by atoms with E-state index >= 15 is 0 Å². The predicted octanol–water partition coefficient (Wildman–Crippen LogP) is 3.31. The van der Waals surface area contributed by atoms with Crippen LogP contribution in [0.3, 0.4) is 0 Å². The Labute approximate surface area is 145 Å². The Morgan fingerprint density at radius 3 is 2.71 bits per heavy atom. The second kappa shape index (κ2) is 6.28. The van der Waals surface area contributed by atoms with Gasteiger partial charge in [0.25, 0.3) is 5.91 Å². The van der Waals surface area contributed by atoms with E-state index in [0.29, 0.717) is 29.3 Å². The van der Waals surface area contributed by atoms with Gasteiger partial charge in [0.2, 0.25) is 5.91 Å². The molecule has 1 aromatic carbocycles. The molecular formula is C18H20N2O3S. The fourth-order valence-corrected chi connectivity index (χ4v) is 3.67. The minimum absolute atomic E-state index is 0.0722. The van der Waals surface area contributed by atoms with Gasteiger partial charge in [0, 0.05) is 18.3 Å². The third kappa shape index (κ3) is 2.78. The van der Waals surface area contributed by atoms with Crippen LogP contribution in [0.1, 0.15) is 28.6 Å². The van der Waals surface area contributed by atoms with E-state index in [1.807, 2.05) is 37.4 Å². The molecule has 0 saturated carbocycles. The largest absolute Gasteiger partial charge is 0.497 e. The van der Waals surface area contributed by atoms with Crippen molar-refractivity contribution in [1.29, 1.82) is 0 Å². The monoisotopic (exact) mass is 344 g/mol. The maximum absolute atomic E-state index is 12.7. The first-order valence-electron chi connectivity index (χ1n) is 7.77. The molecule has 1 aromatic heterocycles. The number of hydrogen-bond acceptors (Lipinski definition) is 4. The van der Waals surface area contributed by atoms with Crippen LogP contribution < -0.4 is 10.1 Å². The molecule has 6 heteroatoms. The van der Waals surface area contributed by atoms with Crippen molar-refractivity contribution in [2.75, 3.05) is 19.0 Å². The van der Waals surface area contributed by atoms with E-state index in [4.69, 9.17) is 4.74 Å². The molecule has 2 amide bonds. The number of carbonyl (C=O) groups excluding carboxylic acids is 2. The minimum Gasteiger partial charge on any atom is -0.497 e. The fraction of sp³-hybridized carbons (Fsp3) is 0.333. The molecule has 1 atom stereocenters. The highest BCUT2D eigenvalue weighted by molar-refractivity contribution is 7.12. The molecule has 5 nitrogen and oxygen atoms in total. The first kappa shape index (κ1) is 16.5. The summed E-state index contributed by atoms with van der Waals surface area (Å²) in [6, 6.07) is 9.12. The van der Waals surface area contributed by atoms with Gasteiger partial charge in [0.1, 0.15) is 11.3 Å². The summed E-state index contributed by atoms with van der Waals surface area (Å²) in [6.07, 6.45) is 0.652. The van der Waals surface area contributed by atoms with Crippen LogP contribution in [0.2, 0.25) is 0 Å². The van der Waals surface area contributed by atoms with Crippen molar-refractivity contribution in [3.63, 3.8) is 0 Å². The molecule has 3 rings (SSSR count). The number of benzene rings is 1. The van der Waals surface area contributed by atoms with E-state index < -0.39 is 5.54 Å². The van der Waals surface area contributed by atoms with E-state index in [9.17, 15) is 9.59 Å². The smallest absolute Gasteiger partial charge is 0.265 e. The summed E-state index contributed by atoms with van der Waals surface area (Å²) < 4.78 is 5.17. The molecule has 1 aliphatic heterocycles. The van der Waals surface area contributed by atoms with Crippen molar-refractivity contribution in [2.45, 2.75) is 25.8 Å². The van der Waals surface area contributed by atoms with Gasteiger partial charge in [-0.15, -0.1) is 11.3 Å². The molecule has 1 saturated heterocycles. The summed E-state index contributed by atoms with van der Waals surface area (Å²) in [5, 5.41) is 4.79. The van der Waals surface area contributed by atoms with Crippen molar-refractivity contribution in [3.05, 3.63) is 46.2 Å². The van der Waals surface area contributed by atoms with Crippen molar-refractivity contribution in [2.24, 2.45) is 0 Å². The molecule has 1 unspecified atom stereocenters. The quantitative estimate of drug-likeness (QED) is 0.926. The molecule has 1 aliphatic rings. The van der Waals surface area contributed by atoms with Crippen LogP contribution in [0, 0.1) is 6.92 Å². The highest BCUT2D eigenvalue weighted by Crippen LogP contribution is 2.35. The van der Waals surface area contributed by atoms with Crippen molar-refractivity contribution < 1.29 is 14.3 Å². The number of hydrogen-bond donors (Lipinski definition) is 1. The number of anilines is 1. The predicted molar refractivity (Wildman–Crippen MR) is 94.7 cm³/mol. The number of nitrogens with one attached hydrogen (secondary N) is 1. The molecule has 126 valence electrons. The first-order chi connectivity index (χ1) is 11.5. The second-order valence-electron chi connectivity index (χ2n) is 6.10. The summed E-state index contributed by atoms with van der Waals surface area (Å²) in [5.41, 5.74) is 0.788. The lowest BCUT2D eigenvalue weighted by Gasteiger charge is -2.48. The van der Waals surface area contributed by atoms with Crippen molar-refractivity contribution in [3.8, 4) is 5.75 Å². The summed E-state index contributed by atoms with van der Waals surface area (Å²) in [5.74, 6) is 0.426. The summed E-state index contributed by atoms with van der Waals surface area (Å²) in [7, 11) is 1.58. The van der Waals surface area contributed by atoms with Crippen LogP contribution in [-0.2, 0) is 4.79 Å². The van der Waals surface area contributed by atoms with Gasteiger partial charge in [0.15, 0.2) is 0 Å². The zero-order valence-electron chi connectivity index (χ0n) is 14.0. The van der Waals surface area contributed by atoms with Gasteiger partial charge >= 0.3 is 0 Å². The molecule has 0 spiro atoms. The van der Waals surface area contributed by atoms with Gasteiger partial charge < -0.3 is 15.0 Å². The molecule has 0 aliphatic carbocycles. The number of amides is 2. The molecular weight excluding hydrogens is 324 g/mol. The van der Waals surface area contributed by atoms with Gasteiger partial charge in [-0.2, -0.15) is 0 Å². The van der Waals surface area contributed by atoms with E-state index in [1.54, 1.807) is 24.1 Å². The van der Waals surface area contributed by atoms with Gasteiger partial charge in [-0.1, -0.05) is 6.07 Å². The Balaban J connectivity index is 1.76. The summed E-state index contributed by atoms with van der Waals surface area (Å²) in [4.78, 5) is 27.8. The van der Waals surface area contributed by atoms with Gasteiger partial charge in [-0.25, -0.2) is 0 Å². The number of carbonyl (C=O) groups is 2. The van der Waals surface area contributed by atoms with Crippen LogP contribution in [0.15, 0.2) is 35.7 Å². The average Bonchev–Trinajstić information content (AvgIpc) is 2.99. The highest BCUT2D eigenvalue weighted by atomic mass is 32.1. The molecule has 2 aromatic rings. The number of methoxy groups -OCH3 is 1. The number of thiophene rings is 1. The van der Waals surface area contributed by atoms with Crippen LogP contribution >= 0.6 is 11.3 Å². The Morgan fingerprint density at radius 2 is 2.12 bits per heavy atom. The normalized spacial score (nSPS) is 19.5. The molecule has 24 heavy (non-hydrogen) atoms. The lowest BCUT2D eigenvalue weighted by Crippen LogP contribution is -2.66. The molecule has 1 fully saturated rings. The number of rotatable bonds is 4. The fourth-order valence-electron chi connectivity index (χ4n) is 2.80. The topological polar surface area (TPSA) is 58.6 Å². The Bertz CT molecular complexity index is 786. The lowest BCUT2D eigenvalue weighted by molar-refractivity contribution is -0.132. The lowest BCUT2D eigenvalue weighted by atomic mass is 9.85. The van der Waals surface area contributed by atoms with E-state index in [1.165, 1.54) is 11.3 Å². The number of ether oxygens (including phenoxy) is 1. The number of aryl methyl sites for hydroxylation is 1. The SMILES string of the molecule is COc1cccc(NC(=O)C2(C)CCN2C(=O)c2sccc2C)c1. The number of nitrogens with zero attached hydrogens (tertiary/aromatic N) is 1. The zero-order chi connectivity index (χ0) is 17.3. The van der Waals surface area contributed by atoms with E-state index in [2.05, 4.69) is 5.32 Å². The Morgan fingerprint density at radius 1 is 1.33 bits per heavy atom. The van der Waals surface area contributed by atoms with Crippen molar-refractivity contribution in [1.82, 2.24) is 4.90 Å². The summed E-state index contributed by atoms with van der Waals surface area (Å²) >= 11 is 1.42. The van der Waals surface area contributed by atoms with E-state index in [0.717, 1.165) is 5.56 Å². The van der Waals surface area contributed by atoms with Gasteiger partial charge in [-0.3, -0.25) is 9.59 Å². The van der Waals surface area contributed by atoms with Crippen LogP contribution in [-0.4, -0.2) is 35.9 Å². The van der Waals surface area contributed by atoms with E-state index in [-0.39, 0.29) is 11.8 Å². The van der Waals surface area contributed by atoms with Crippen LogP contribution in [0.5, 0.6) is 5.75 Å². The zero-order valence-corrected chi connectivity index (χ0v) is 14.8. The average molecular weight is 344 g/mol. The van der Waals surface area contributed by atoms with Crippen LogP contribution in [0.4, 0.5) is 5.69 Å². The van der Waals surface area contributed by atoms with Gasteiger partial charge in [0.05, 0.1) is 12.0 Å². The number of likely N-dealkylation sites (tertiary alicyclic amines) is 1. The molecule has 0 radical (unpaired) electrons. The molecule has 1 N–H and O–H groups in total. The van der Waals surface area contributed by atoms with Gasteiger partial charge in [-0.05, 0) is 49.4 Å². The van der Waals surface area contributed by atoms with Crippen LogP contribution in [0.25, 0.3) is 0 Å². The third-order valence-electron chi connectivity index (χ3n) is 4.54. The third-order valence-corrected chi connectivity index (χ3v) is 5.54. The summed E-state index contributed by atoms with van der Waals surface area (Å²) in [6.45, 7) is 4.32.